The number of allylic oxidation sites excluding steroid dienone is 1. The van der Waals surface area contributed by atoms with E-state index in [1.165, 1.54) is 96.3 Å². The summed E-state index contributed by atoms with van der Waals surface area (Å²) in [6.07, 6.45) is 23.7. The molecule has 19 heavy (non-hydrogen) atoms. The molecule has 0 spiro atoms. The first kappa shape index (κ1) is 19.2. The lowest BCUT2D eigenvalue weighted by Crippen LogP contribution is -1.83. The lowest BCUT2D eigenvalue weighted by Gasteiger charge is -2.02. The summed E-state index contributed by atoms with van der Waals surface area (Å²) in [4.78, 5) is 1.98. The summed E-state index contributed by atoms with van der Waals surface area (Å²) in [6.45, 7) is 2.29. The van der Waals surface area contributed by atoms with Crippen molar-refractivity contribution in [3.05, 3.63) is 11.1 Å². The minimum absolute atomic E-state index is 1.24. The zero-order chi connectivity index (χ0) is 14.0. The van der Waals surface area contributed by atoms with Crippen LogP contribution in [0, 0.1) is 0 Å². The Balaban J connectivity index is 2.91. The fourth-order valence-electron chi connectivity index (χ4n) is 2.52. The third kappa shape index (κ3) is 18.2. The van der Waals surface area contributed by atoms with E-state index in [-0.39, 0.29) is 0 Å². The SMILES string of the molecule is CCCCCCCCCCCCCCCCC=CBr. The van der Waals surface area contributed by atoms with Crippen LogP contribution >= 0.6 is 15.9 Å². The molecule has 0 aromatic rings. The quantitative estimate of drug-likeness (QED) is 0.269. The number of hydrogen-bond acceptors (Lipinski definition) is 0. The van der Waals surface area contributed by atoms with Crippen LogP contribution in [0.25, 0.3) is 0 Å². The molecular weight excluding hydrogens is 296 g/mol. The predicted octanol–water partition coefficient (Wildman–Crippen LogP) is 7.77. The molecule has 0 amide bonds. The van der Waals surface area contributed by atoms with E-state index in [0.29, 0.717) is 0 Å². The Morgan fingerprint density at radius 1 is 0.579 bits per heavy atom. The Hall–Kier alpha value is 0.220. The van der Waals surface area contributed by atoms with Gasteiger partial charge in [0.1, 0.15) is 0 Å². The predicted molar refractivity (Wildman–Crippen MR) is 93.0 cm³/mol. The lowest BCUT2D eigenvalue weighted by atomic mass is 10.0. The van der Waals surface area contributed by atoms with E-state index in [2.05, 4.69) is 28.9 Å². The van der Waals surface area contributed by atoms with Crippen LogP contribution in [0.5, 0.6) is 0 Å². The number of unbranched alkanes of at least 4 members (excludes halogenated alkanes) is 14. The van der Waals surface area contributed by atoms with E-state index < -0.39 is 0 Å². The average Bonchev–Trinajstić information content (AvgIpc) is 2.43. The van der Waals surface area contributed by atoms with E-state index >= 15 is 0 Å². The molecule has 0 saturated carbocycles. The average molecular weight is 331 g/mol. The molecule has 0 heterocycles. The summed E-state index contributed by atoms with van der Waals surface area (Å²) in [6, 6.07) is 0. The number of rotatable bonds is 15. The molecular formula is C18H35Br. The minimum Gasteiger partial charge on any atom is -0.0776 e. The van der Waals surface area contributed by atoms with Crippen molar-refractivity contribution in [1.29, 1.82) is 0 Å². The van der Waals surface area contributed by atoms with Crippen LogP contribution in [0.3, 0.4) is 0 Å². The van der Waals surface area contributed by atoms with Crippen LogP contribution < -0.4 is 0 Å². The summed E-state index contributed by atoms with van der Waals surface area (Å²) in [5, 5.41) is 0. The van der Waals surface area contributed by atoms with Gasteiger partial charge in [0.25, 0.3) is 0 Å². The van der Waals surface area contributed by atoms with Crippen LogP contribution in [-0.2, 0) is 0 Å². The highest BCUT2D eigenvalue weighted by atomic mass is 79.9. The molecule has 0 aliphatic rings. The molecule has 0 aromatic heterocycles. The van der Waals surface area contributed by atoms with Gasteiger partial charge in [-0.25, -0.2) is 0 Å². The third-order valence-corrected chi connectivity index (χ3v) is 4.19. The first-order chi connectivity index (χ1) is 9.41. The fourth-order valence-corrected chi connectivity index (χ4v) is 2.78. The Kier molecular flexibility index (Phi) is 18.4. The minimum atomic E-state index is 1.24. The molecule has 0 bridgehead atoms. The van der Waals surface area contributed by atoms with Gasteiger partial charge in [0.2, 0.25) is 0 Å². The molecule has 0 atom stereocenters. The molecule has 0 aliphatic carbocycles. The van der Waals surface area contributed by atoms with Gasteiger partial charge in [0, 0.05) is 0 Å². The molecule has 114 valence electrons. The van der Waals surface area contributed by atoms with Gasteiger partial charge in [-0.05, 0) is 17.8 Å². The van der Waals surface area contributed by atoms with Gasteiger partial charge >= 0.3 is 0 Å². The van der Waals surface area contributed by atoms with E-state index in [9.17, 15) is 0 Å². The summed E-state index contributed by atoms with van der Waals surface area (Å²) in [5.41, 5.74) is 0. The van der Waals surface area contributed by atoms with Crippen LogP contribution in [0.4, 0.5) is 0 Å². The largest absolute Gasteiger partial charge is 0.0776 e. The van der Waals surface area contributed by atoms with Crippen LogP contribution in [0.2, 0.25) is 0 Å². The van der Waals surface area contributed by atoms with E-state index in [0.717, 1.165) is 0 Å². The first-order valence-corrected chi connectivity index (χ1v) is 9.58. The molecule has 0 aromatic carbocycles. The van der Waals surface area contributed by atoms with Crippen LogP contribution in [-0.4, -0.2) is 0 Å². The van der Waals surface area contributed by atoms with Crippen LogP contribution in [0.1, 0.15) is 103 Å². The van der Waals surface area contributed by atoms with Crippen molar-refractivity contribution in [3.63, 3.8) is 0 Å². The van der Waals surface area contributed by atoms with Crippen molar-refractivity contribution < 1.29 is 0 Å². The summed E-state index contributed by atoms with van der Waals surface area (Å²) in [5.74, 6) is 0. The second kappa shape index (κ2) is 18.2. The molecule has 0 unspecified atom stereocenters. The summed E-state index contributed by atoms with van der Waals surface area (Å²) in [7, 11) is 0. The highest BCUT2D eigenvalue weighted by molar-refractivity contribution is 9.11. The van der Waals surface area contributed by atoms with Crippen LogP contribution in [0.15, 0.2) is 11.1 Å². The Morgan fingerprint density at radius 3 is 1.32 bits per heavy atom. The topological polar surface area (TPSA) is 0 Å². The van der Waals surface area contributed by atoms with E-state index in [1.807, 2.05) is 4.99 Å². The highest BCUT2D eigenvalue weighted by Crippen LogP contribution is 2.13. The van der Waals surface area contributed by atoms with Crippen molar-refractivity contribution in [3.8, 4) is 0 Å². The summed E-state index contributed by atoms with van der Waals surface area (Å²) >= 11 is 3.31. The number of hydrogen-bond donors (Lipinski definition) is 0. The van der Waals surface area contributed by atoms with Crippen molar-refractivity contribution in [2.45, 2.75) is 103 Å². The molecule has 0 nitrogen and oxygen atoms in total. The normalized spacial score (nSPS) is 11.5. The highest BCUT2D eigenvalue weighted by Gasteiger charge is 1.93. The number of halogens is 1. The van der Waals surface area contributed by atoms with Gasteiger partial charge in [-0.15, -0.1) is 0 Å². The van der Waals surface area contributed by atoms with E-state index in [4.69, 9.17) is 0 Å². The third-order valence-electron chi connectivity index (χ3n) is 3.81. The second-order valence-electron chi connectivity index (χ2n) is 5.75. The van der Waals surface area contributed by atoms with Gasteiger partial charge in [-0.2, -0.15) is 0 Å². The van der Waals surface area contributed by atoms with Gasteiger partial charge in [0.05, 0.1) is 0 Å². The monoisotopic (exact) mass is 330 g/mol. The Bertz CT molecular complexity index is 175. The molecule has 0 fully saturated rings. The van der Waals surface area contributed by atoms with Gasteiger partial charge < -0.3 is 0 Å². The Morgan fingerprint density at radius 2 is 0.947 bits per heavy atom. The van der Waals surface area contributed by atoms with Gasteiger partial charge in [0.15, 0.2) is 0 Å². The maximum Gasteiger partial charge on any atom is -0.0229 e. The molecule has 0 aliphatic heterocycles. The van der Waals surface area contributed by atoms with Crippen molar-refractivity contribution in [2.75, 3.05) is 0 Å². The van der Waals surface area contributed by atoms with Crippen molar-refractivity contribution in [2.24, 2.45) is 0 Å². The maximum absolute atomic E-state index is 3.31. The molecule has 1 heteroatoms. The van der Waals surface area contributed by atoms with Gasteiger partial charge in [-0.1, -0.05) is 112 Å². The molecule has 0 rings (SSSR count). The molecule has 0 N–H and O–H groups in total. The Labute approximate surface area is 130 Å². The zero-order valence-electron chi connectivity index (χ0n) is 13.1. The molecule has 0 radical (unpaired) electrons. The smallest absolute Gasteiger partial charge is 0.0229 e. The van der Waals surface area contributed by atoms with E-state index in [1.54, 1.807) is 0 Å². The van der Waals surface area contributed by atoms with Crippen molar-refractivity contribution >= 4 is 15.9 Å². The van der Waals surface area contributed by atoms with Crippen molar-refractivity contribution in [1.82, 2.24) is 0 Å². The maximum atomic E-state index is 3.31. The summed E-state index contributed by atoms with van der Waals surface area (Å²) < 4.78 is 0. The fraction of sp³-hybridized carbons (Fsp3) is 0.889. The molecule has 0 saturated heterocycles. The second-order valence-corrected chi connectivity index (χ2v) is 6.28. The first-order valence-electron chi connectivity index (χ1n) is 8.67. The zero-order valence-corrected chi connectivity index (χ0v) is 14.7. The standard InChI is InChI=1S/C18H35Br/c1-2-3-4-5-6-7-8-9-10-11-12-13-14-15-16-17-18-19/h17-18H,2-16H2,1H3. The lowest BCUT2D eigenvalue weighted by molar-refractivity contribution is 0.536. The van der Waals surface area contributed by atoms with Gasteiger partial charge in [-0.3, -0.25) is 0 Å².